The van der Waals surface area contributed by atoms with E-state index in [0.717, 1.165) is 23.1 Å². The molecule has 9 heteroatoms. The topological polar surface area (TPSA) is 119 Å². The van der Waals surface area contributed by atoms with Crippen molar-refractivity contribution in [1.29, 1.82) is 0 Å². The lowest BCUT2D eigenvalue weighted by Gasteiger charge is -2.18. The third-order valence-corrected chi connectivity index (χ3v) is 6.83. The highest BCUT2D eigenvalue weighted by Gasteiger charge is 2.35. The summed E-state index contributed by atoms with van der Waals surface area (Å²) in [6, 6.07) is 13.4. The standard InChI is InChI=1S/C28H24ClN3O5/c1-16-10-20(6-8-21(16)28(34)35)31-27(33)24(11-17-2-3-17)25-9-4-18(14-32(25)36)23-12-19(29)5-7-22(23)26-13-30-15-37-26/h4-10,12-15,17,24H,2-3,11H2,1H3,(H,31,33)(H,34,35). The number of nitrogens with zero attached hydrogens (tertiary/aromatic N) is 2. The lowest BCUT2D eigenvalue weighted by molar-refractivity contribution is -0.614. The summed E-state index contributed by atoms with van der Waals surface area (Å²) in [6.07, 6.45) is 6.97. The average Bonchev–Trinajstić information content (AvgIpc) is 3.52. The maximum atomic E-state index is 13.4. The summed E-state index contributed by atoms with van der Waals surface area (Å²) in [7, 11) is 0. The van der Waals surface area contributed by atoms with Crippen LogP contribution in [-0.4, -0.2) is 22.0 Å². The minimum Gasteiger partial charge on any atom is -0.618 e. The van der Waals surface area contributed by atoms with E-state index in [9.17, 15) is 19.9 Å². The predicted octanol–water partition coefficient (Wildman–Crippen LogP) is 5.82. The fourth-order valence-corrected chi connectivity index (χ4v) is 4.67. The van der Waals surface area contributed by atoms with Gasteiger partial charge in [-0.25, -0.2) is 9.78 Å². The molecule has 1 unspecified atom stereocenters. The first-order valence-corrected chi connectivity index (χ1v) is 12.2. The van der Waals surface area contributed by atoms with Crippen LogP contribution in [0.4, 0.5) is 5.69 Å². The van der Waals surface area contributed by atoms with Gasteiger partial charge in [0.25, 0.3) is 0 Å². The minimum atomic E-state index is -1.03. The van der Waals surface area contributed by atoms with E-state index in [1.54, 1.807) is 49.5 Å². The first-order chi connectivity index (χ1) is 17.8. The van der Waals surface area contributed by atoms with Gasteiger partial charge in [0.05, 0.1) is 11.8 Å². The average molecular weight is 518 g/mol. The molecule has 1 aliphatic carbocycles. The molecule has 1 aliphatic rings. The Morgan fingerprint density at radius 2 is 2.00 bits per heavy atom. The molecule has 1 fully saturated rings. The Labute approximate surface area is 218 Å². The number of hydrogen-bond acceptors (Lipinski definition) is 5. The second-order valence-corrected chi connectivity index (χ2v) is 9.72. The first kappa shape index (κ1) is 24.5. The maximum absolute atomic E-state index is 13.4. The summed E-state index contributed by atoms with van der Waals surface area (Å²) in [5.74, 6) is -1.06. The number of pyridine rings is 1. The van der Waals surface area contributed by atoms with Gasteiger partial charge in [-0.2, -0.15) is 4.73 Å². The number of aryl methyl sites for hydroxylation is 1. The van der Waals surface area contributed by atoms with E-state index in [2.05, 4.69) is 10.3 Å². The number of halogens is 1. The highest BCUT2D eigenvalue weighted by molar-refractivity contribution is 6.31. The third kappa shape index (κ3) is 5.34. The van der Waals surface area contributed by atoms with Crippen molar-refractivity contribution in [1.82, 2.24) is 4.98 Å². The van der Waals surface area contributed by atoms with Crippen LogP contribution in [-0.2, 0) is 4.79 Å². The van der Waals surface area contributed by atoms with Crippen molar-refractivity contribution < 1.29 is 23.8 Å². The molecule has 0 aliphatic heterocycles. The zero-order valence-electron chi connectivity index (χ0n) is 20.0. The number of rotatable bonds is 8. The zero-order chi connectivity index (χ0) is 26.1. The van der Waals surface area contributed by atoms with Crippen LogP contribution in [0.5, 0.6) is 0 Å². The molecule has 1 amide bonds. The number of hydrogen-bond donors (Lipinski definition) is 2. The minimum absolute atomic E-state index is 0.172. The largest absolute Gasteiger partial charge is 0.618 e. The van der Waals surface area contributed by atoms with Gasteiger partial charge >= 0.3 is 5.97 Å². The normalized spacial score (nSPS) is 13.8. The fourth-order valence-electron chi connectivity index (χ4n) is 4.50. The van der Waals surface area contributed by atoms with Gasteiger partial charge in [0.15, 0.2) is 18.4 Å². The zero-order valence-corrected chi connectivity index (χ0v) is 20.7. The number of amides is 1. The van der Waals surface area contributed by atoms with Crippen molar-refractivity contribution in [3.63, 3.8) is 0 Å². The van der Waals surface area contributed by atoms with Crippen LogP contribution in [0, 0.1) is 18.0 Å². The molecule has 0 radical (unpaired) electrons. The molecule has 5 rings (SSSR count). The van der Waals surface area contributed by atoms with Crippen LogP contribution in [0.2, 0.25) is 5.02 Å². The number of aromatic nitrogens is 2. The Balaban J connectivity index is 1.46. The van der Waals surface area contributed by atoms with Crippen molar-refractivity contribution in [2.45, 2.75) is 32.1 Å². The highest BCUT2D eigenvalue weighted by atomic mass is 35.5. The molecule has 2 aromatic carbocycles. The molecule has 188 valence electrons. The molecule has 0 bridgehead atoms. The van der Waals surface area contributed by atoms with Crippen molar-refractivity contribution in [2.75, 3.05) is 5.32 Å². The summed E-state index contributed by atoms with van der Waals surface area (Å²) < 4.78 is 6.20. The fraction of sp³-hybridized carbons (Fsp3) is 0.214. The van der Waals surface area contributed by atoms with Crippen molar-refractivity contribution in [3.05, 3.63) is 94.4 Å². The molecule has 2 heterocycles. The molecule has 4 aromatic rings. The number of anilines is 1. The van der Waals surface area contributed by atoms with Crippen LogP contribution in [0.1, 0.15) is 46.8 Å². The number of nitrogens with one attached hydrogen (secondary N) is 1. The number of carbonyl (C=O) groups excluding carboxylic acids is 1. The predicted molar refractivity (Wildman–Crippen MR) is 138 cm³/mol. The molecule has 2 N–H and O–H groups in total. The van der Waals surface area contributed by atoms with Crippen molar-refractivity contribution in [3.8, 4) is 22.5 Å². The molecule has 0 saturated heterocycles. The second-order valence-electron chi connectivity index (χ2n) is 9.28. The van der Waals surface area contributed by atoms with Gasteiger partial charge in [-0.05, 0) is 67.3 Å². The van der Waals surface area contributed by atoms with Gasteiger partial charge in [-0.15, -0.1) is 0 Å². The van der Waals surface area contributed by atoms with E-state index < -0.39 is 11.9 Å². The Morgan fingerprint density at radius 1 is 1.19 bits per heavy atom. The van der Waals surface area contributed by atoms with Gasteiger partial charge in [-0.1, -0.05) is 24.4 Å². The third-order valence-electron chi connectivity index (χ3n) is 6.60. The molecule has 0 spiro atoms. The summed E-state index contributed by atoms with van der Waals surface area (Å²) >= 11 is 6.25. The van der Waals surface area contributed by atoms with Crippen LogP contribution >= 0.6 is 11.6 Å². The lowest BCUT2D eigenvalue weighted by atomic mass is 9.94. The van der Waals surface area contributed by atoms with Gasteiger partial charge in [0.1, 0.15) is 5.92 Å². The Hall–Kier alpha value is -4.17. The summed E-state index contributed by atoms with van der Waals surface area (Å²) in [5.41, 5.74) is 3.61. The van der Waals surface area contributed by atoms with E-state index in [1.807, 2.05) is 6.07 Å². The Bertz CT molecular complexity index is 1480. The number of benzene rings is 2. The number of aromatic carboxylic acids is 1. The lowest BCUT2D eigenvalue weighted by Crippen LogP contribution is -2.37. The number of carboxylic acid groups (broad SMARTS) is 1. The molecule has 8 nitrogen and oxygen atoms in total. The van der Waals surface area contributed by atoms with Gasteiger partial charge < -0.3 is 20.0 Å². The molecule has 2 aromatic heterocycles. The molecular weight excluding hydrogens is 494 g/mol. The Morgan fingerprint density at radius 3 is 2.65 bits per heavy atom. The molecular formula is C28H24ClN3O5. The first-order valence-electron chi connectivity index (χ1n) is 11.9. The quantitative estimate of drug-likeness (QED) is 0.224. The SMILES string of the molecule is Cc1cc(NC(=O)C(CC2CC2)c2ccc(-c3cc(Cl)ccc3-c3cnco3)c[n+]2[O-])ccc1C(=O)O. The maximum Gasteiger partial charge on any atom is 0.335 e. The van der Waals surface area contributed by atoms with Crippen LogP contribution in [0.15, 0.2) is 71.7 Å². The van der Waals surface area contributed by atoms with Crippen LogP contribution in [0.25, 0.3) is 22.5 Å². The smallest absolute Gasteiger partial charge is 0.335 e. The second kappa shape index (κ2) is 10.1. The highest BCUT2D eigenvalue weighted by Crippen LogP contribution is 2.39. The van der Waals surface area contributed by atoms with Crippen molar-refractivity contribution in [2.24, 2.45) is 5.92 Å². The van der Waals surface area contributed by atoms with Gasteiger partial charge in [-0.3, -0.25) is 4.79 Å². The number of carbonyl (C=O) groups is 2. The molecule has 37 heavy (non-hydrogen) atoms. The number of carboxylic acids is 1. The van der Waals surface area contributed by atoms with E-state index in [4.69, 9.17) is 16.0 Å². The molecule has 1 saturated carbocycles. The monoisotopic (exact) mass is 517 g/mol. The number of oxazole rings is 1. The summed E-state index contributed by atoms with van der Waals surface area (Å²) in [5, 5.41) is 25.9. The van der Waals surface area contributed by atoms with Gasteiger partial charge in [0.2, 0.25) is 11.6 Å². The van der Waals surface area contributed by atoms with Gasteiger partial charge in [0, 0.05) is 33.5 Å². The van der Waals surface area contributed by atoms with E-state index in [0.29, 0.717) is 51.2 Å². The molecule has 1 atom stereocenters. The van der Waals surface area contributed by atoms with E-state index in [-0.39, 0.29) is 11.5 Å². The van der Waals surface area contributed by atoms with E-state index in [1.165, 1.54) is 18.7 Å². The summed E-state index contributed by atoms with van der Waals surface area (Å²) in [4.78, 5) is 28.6. The Kier molecular flexibility index (Phi) is 6.67. The summed E-state index contributed by atoms with van der Waals surface area (Å²) in [6.45, 7) is 1.67. The van der Waals surface area contributed by atoms with Crippen molar-refractivity contribution >= 4 is 29.2 Å². The van der Waals surface area contributed by atoms with Crippen LogP contribution in [0.3, 0.4) is 0 Å². The van der Waals surface area contributed by atoms with Crippen LogP contribution < -0.4 is 10.0 Å². The van der Waals surface area contributed by atoms with E-state index >= 15 is 0 Å².